The molecule has 24 heavy (non-hydrogen) atoms. The highest BCUT2D eigenvalue weighted by Crippen LogP contribution is 2.19. The van der Waals surface area contributed by atoms with Crippen molar-refractivity contribution in [2.24, 2.45) is 0 Å². The third kappa shape index (κ3) is 3.79. The molecule has 1 aromatic heterocycles. The summed E-state index contributed by atoms with van der Waals surface area (Å²) in [5.74, 6) is 0.417. The Kier molecular flexibility index (Phi) is 4.88. The number of rotatable bonds is 3. The van der Waals surface area contributed by atoms with Crippen molar-refractivity contribution in [2.75, 3.05) is 25.5 Å². The van der Waals surface area contributed by atoms with E-state index in [1.54, 1.807) is 17.0 Å². The lowest BCUT2D eigenvalue weighted by Crippen LogP contribution is -2.42. The lowest BCUT2D eigenvalue weighted by molar-refractivity contribution is 0.113. The molecule has 6 nitrogen and oxygen atoms in total. The van der Waals surface area contributed by atoms with E-state index in [0.29, 0.717) is 24.6 Å². The van der Waals surface area contributed by atoms with Crippen LogP contribution in [-0.4, -0.2) is 47.4 Å². The number of hydrogen-bond acceptors (Lipinski definition) is 5. The molecule has 1 saturated heterocycles. The average molecular weight is 330 g/mol. The molecule has 0 unspecified atom stereocenters. The van der Waals surface area contributed by atoms with Gasteiger partial charge in [0.25, 0.3) is 0 Å². The van der Waals surface area contributed by atoms with E-state index in [-0.39, 0.29) is 18.0 Å². The summed E-state index contributed by atoms with van der Waals surface area (Å²) in [6.07, 6.45) is 1.38. The van der Waals surface area contributed by atoms with Crippen LogP contribution < -0.4 is 5.32 Å². The van der Waals surface area contributed by atoms with Crippen LogP contribution in [0.5, 0.6) is 0 Å². The van der Waals surface area contributed by atoms with Gasteiger partial charge in [0.1, 0.15) is 11.6 Å². The number of piperidine rings is 1. The molecular formula is C17H19FN4O2. The molecule has 0 spiro atoms. The van der Waals surface area contributed by atoms with E-state index in [9.17, 15) is 9.18 Å². The number of amides is 1. The standard InChI is InChI=1S/C17H19FN4O2/c1-24-17(23)22-10-8-14(9-11-22)19-16-7-6-15(20-21-16)12-2-4-13(18)5-3-12/h2-7,14H,8-11H2,1H3,(H,19,21). The number of hydrogen-bond donors (Lipinski definition) is 1. The number of carbonyl (C=O) groups is 1. The first-order valence-corrected chi connectivity index (χ1v) is 7.85. The number of benzene rings is 1. The molecule has 1 fully saturated rings. The van der Waals surface area contributed by atoms with Crippen LogP contribution in [0, 0.1) is 5.82 Å². The van der Waals surface area contributed by atoms with Gasteiger partial charge in [-0.05, 0) is 49.2 Å². The van der Waals surface area contributed by atoms with E-state index in [1.807, 2.05) is 12.1 Å². The Labute approximate surface area is 139 Å². The van der Waals surface area contributed by atoms with Gasteiger partial charge in [0.05, 0.1) is 12.8 Å². The van der Waals surface area contributed by atoms with Gasteiger partial charge in [-0.2, -0.15) is 0 Å². The molecule has 0 radical (unpaired) electrons. The van der Waals surface area contributed by atoms with E-state index < -0.39 is 0 Å². The Balaban J connectivity index is 1.57. The van der Waals surface area contributed by atoms with Crippen molar-refractivity contribution >= 4 is 11.9 Å². The first-order chi connectivity index (χ1) is 11.7. The second kappa shape index (κ2) is 7.25. The van der Waals surface area contributed by atoms with Gasteiger partial charge < -0.3 is 15.0 Å². The van der Waals surface area contributed by atoms with Crippen molar-refractivity contribution in [1.82, 2.24) is 15.1 Å². The fourth-order valence-electron chi connectivity index (χ4n) is 2.73. The molecule has 1 aromatic carbocycles. The molecule has 1 amide bonds. The zero-order chi connectivity index (χ0) is 16.9. The van der Waals surface area contributed by atoms with E-state index in [2.05, 4.69) is 15.5 Å². The SMILES string of the molecule is COC(=O)N1CCC(Nc2ccc(-c3ccc(F)cc3)nn2)CC1. The number of methoxy groups -OCH3 is 1. The molecule has 126 valence electrons. The number of ether oxygens (including phenoxy) is 1. The van der Waals surface area contributed by atoms with Crippen LogP contribution in [-0.2, 0) is 4.74 Å². The van der Waals surface area contributed by atoms with Crippen molar-refractivity contribution in [3.05, 3.63) is 42.2 Å². The zero-order valence-electron chi connectivity index (χ0n) is 13.4. The maximum Gasteiger partial charge on any atom is 0.409 e. The van der Waals surface area contributed by atoms with Crippen LogP contribution in [0.25, 0.3) is 11.3 Å². The van der Waals surface area contributed by atoms with E-state index in [0.717, 1.165) is 18.4 Å². The minimum absolute atomic E-state index is 0.247. The molecule has 0 bridgehead atoms. The predicted octanol–water partition coefficient (Wildman–Crippen LogP) is 2.93. The summed E-state index contributed by atoms with van der Waals surface area (Å²) in [6, 6.07) is 10.1. The van der Waals surface area contributed by atoms with Crippen LogP contribution >= 0.6 is 0 Å². The lowest BCUT2D eigenvalue weighted by atomic mass is 10.1. The quantitative estimate of drug-likeness (QED) is 0.937. The summed E-state index contributed by atoms with van der Waals surface area (Å²) in [4.78, 5) is 13.2. The van der Waals surface area contributed by atoms with E-state index in [1.165, 1.54) is 19.2 Å². The fourth-order valence-corrected chi connectivity index (χ4v) is 2.73. The minimum Gasteiger partial charge on any atom is -0.453 e. The molecule has 1 aliphatic rings. The molecule has 0 saturated carbocycles. The van der Waals surface area contributed by atoms with Gasteiger partial charge >= 0.3 is 6.09 Å². The third-order valence-electron chi connectivity index (χ3n) is 4.08. The molecule has 1 N–H and O–H groups in total. The largest absolute Gasteiger partial charge is 0.453 e. The normalized spacial score (nSPS) is 15.2. The van der Waals surface area contributed by atoms with Crippen molar-refractivity contribution in [3.8, 4) is 11.3 Å². The lowest BCUT2D eigenvalue weighted by Gasteiger charge is -2.31. The Bertz CT molecular complexity index is 683. The molecule has 0 atom stereocenters. The number of halogens is 1. The van der Waals surface area contributed by atoms with Gasteiger partial charge in [-0.25, -0.2) is 9.18 Å². The van der Waals surface area contributed by atoms with Crippen LogP contribution in [0.1, 0.15) is 12.8 Å². The first kappa shape index (κ1) is 16.2. The van der Waals surface area contributed by atoms with Crippen molar-refractivity contribution in [2.45, 2.75) is 18.9 Å². The minimum atomic E-state index is -0.281. The van der Waals surface area contributed by atoms with Crippen LogP contribution in [0.4, 0.5) is 15.0 Å². The topological polar surface area (TPSA) is 67.3 Å². The van der Waals surface area contributed by atoms with Gasteiger partial charge in [-0.3, -0.25) is 0 Å². The van der Waals surface area contributed by atoms with Gasteiger partial charge in [-0.1, -0.05) is 0 Å². The Morgan fingerprint density at radius 2 is 1.88 bits per heavy atom. The van der Waals surface area contributed by atoms with Gasteiger partial charge in [0.2, 0.25) is 0 Å². The fraction of sp³-hybridized carbons (Fsp3) is 0.353. The summed E-state index contributed by atoms with van der Waals surface area (Å²) in [5, 5.41) is 11.7. The Morgan fingerprint density at radius 3 is 2.46 bits per heavy atom. The summed E-state index contributed by atoms with van der Waals surface area (Å²) >= 11 is 0. The zero-order valence-corrected chi connectivity index (χ0v) is 13.4. The Morgan fingerprint density at radius 1 is 1.17 bits per heavy atom. The maximum atomic E-state index is 12.9. The highest BCUT2D eigenvalue weighted by molar-refractivity contribution is 5.67. The predicted molar refractivity (Wildman–Crippen MR) is 88.0 cm³/mol. The number of nitrogens with zero attached hydrogens (tertiary/aromatic N) is 3. The molecule has 2 aromatic rings. The highest BCUT2D eigenvalue weighted by Gasteiger charge is 2.23. The van der Waals surface area contributed by atoms with Gasteiger partial charge in [-0.15, -0.1) is 10.2 Å². The van der Waals surface area contributed by atoms with Crippen molar-refractivity contribution < 1.29 is 13.9 Å². The first-order valence-electron chi connectivity index (χ1n) is 7.85. The maximum absolute atomic E-state index is 12.9. The summed E-state index contributed by atoms with van der Waals surface area (Å²) in [7, 11) is 1.39. The van der Waals surface area contributed by atoms with Crippen LogP contribution in [0.2, 0.25) is 0 Å². The van der Waals surface area contributed by atoms with E-state index >= 15 is 0 Å². The highest BCUT2D eigenvalue weighted by atomic mass is 19.1. The molecular weight excluding hydrogens is 311 g/mol. The van der Waals surface area contributed by atoms with Crippen molar-refractivity contribution in [1.29, 1.82) is 0 Å². The second-order valence-electron chi connectivity index (χ2n) is 5.69. The molecule has 0 aliphatic carbocycles. The number of carbonyl (C=O) groups excluding carboxylic acids is 1. The second-order valence-corrected chi connectivity index (χ2v) is 5.69. The summed E-state index contributed by atoms with van der Waals surface area (Å²) in [6.45, 7) is 1.32. The average Bonchev–Trinajstić information content (AvgIpc) is 2.63. The molecule has 2 heterocycles. The smallest absolute Gasteiger partial charge is 0.409 e. The van der Waals surface area contributed by atoms with Crippen molar-refractivity contribution in [3.63, 3.8) is 0 Å². The van der Waals surface area contributed by atoms with E-state index in [4.69, 9.17) is 4.74 Å². The molecule has 7 heteroatoms. The molecule has 1 aliphatic heterocycles. The Hall–Kier alpha value is -2.70. The summed E-state index contributed by atoms with van der Waals surface area (Å²) in [5.41, 5.74) is 1.52. The monoisotopic (exact) mass is 330 g/mol. The van der Waals surface area contributed by atoms with Crippen LogP contribution in [0.15, 0.2) is 36.4 Å². The number of aromatic nitrogens is 2. The van der Waals surface area contributed by atoms with Gasteiger partial charge in [0, 0.05) is 24.7 Å². The number of nitrogens with one attached hydrogen (secondary N) is 1. The van der Waals surface area contributed by atoms with Crippen LogP contribution in [0.3, 0.4) is 0 Å². The summed E-state index contributed by atoms with van der Waals surface area (Å²) < 4.78 is 17.7. The number of likely N-dealkylation sites (tertiary alicyclic amines) is 1. The van der Waals surface area contributed by atoms with Gasteiger partial charge in [0.15, 0.2) is 0 Å². The third-order valence-corrected chi connectivity index (χ3v) is 4.08. The number of anilines is 1. The molecule has 3 rings (SSSR count).